The van der Waals surface area contributed by atoms with E-state index in [0.29, 0.717) is 6.04 Å². The molecule has 1 aromatic carbocycles. The Balaban J connectivity index is 1.64. The molecule has 1 aliphatic rings. The maximum atomic E-state index is 4.19. The van der Waals surface area contributed by atoms with Crippen LogP contribution in [0.15, 0.2) is 30.3 Å². The molecule has 1 atom stereocenters. The minimum Gasteiger partial charge on any atom is -0.315 e. The molecule has 1 saturated heterocycles. The molecule has 0 aliphatic carbocycles. The number of aromatic nitrogens is 4. The summed E-state index contributed by atoms with van der Waals surface area (Å²) in [7, 11) is 2.15. The lowest BCUT2D eigenvalue weighted by molar-refractivity contribution is 0.189. The molecule has 112 valence electrons. The molecule has 0 saturated carbocycles. The van der Waals surface area contributed by atoms with Crippen LogP contribution in [0.25, 0.3) is 0 Å². The minimum absolute atomic E-state index is 0.570. The molecule has 0 amide bonds. The van der Waals surface area contributed by atoms with Crippen molar-refractivity contribution in [2.24, 2.45) is 0 Å². The molecule has 1 aromatic heterocycles. The largest absolute Gasteiger partial charge is 0.315 e. The third kappa shape index (κ3) is 3.65. The summed E-state index contributed by atoms with van der Waals surface area (Å²) in [6.07, 6.45) is 2.48. The van der Waals surface area contributed by atoms with Gasteiger partial charge in [0.1, 0.15) is 0 Å². The third-order valence-corrected chi connectivity index (χ3v) is 4.07. The summed E-state index contributed by atoms with van der Waals surface area (Å²) in [5.41, 5.74) is 1.22. The predicted molar refractivity (Wildman–Crippen MR) is 80.7 cm³/mol. The van der Waals surface area contributed by atoms with E-state index in [1.165, 1.54) is 18.4 Å². The van der Waals surface area contributed by atoms with Gasteiger partial charge in [-0.1, -0.05) is 30.3 Å². The number of likely N-dealkylation sites (N-methyl/N-ethyl adjacent to an activating group) is 1. The van der Waals surface area contributed by atoms with Crippen molar-refractivity contribution >= 4 is 0 Å². The second-order valence-corrected chi connectivity index (χ2v) is 5.65. The van der Waals surface area contributed by atoms with Gasteiger partial charge in [0.2, 0.25) is 0 Å². The van der Waals surface area contributed by atoms with Crippen molar-refractivity contribution in [3.63, 3.8) is 0 Å². The maximum Gasteiger partial charge on any atom is 0.165 e. The first-order valence-corrected chi connectivity index (χ1v) is 7.53. The Hall–Kier alpha value is -1.79. The van der Waals surface area contributed by atoms with Crippen molar-refractivity contribution in [2.45, 2.75) is 32.0 Å². The standard InChI is InChI=1S/C15H22N6/c1-20(14-8-5-9-16-10-14)12-15-17-18-19-21(15)11-13-6-3-2-4-7-13/h2-4,6-7,14,16H,5,8-12H2,1H3. The highest BCUT2D eigenvalue weighted by atomic mass is 15.5. The van der Waals surface area contributed by atoms with Crippen LogP contribution in [0.5, 0.6) is 0 Å². The minimum atomic E-state index is 0.570. The van der Waals surface area contributed by atoms with E-state index in [-0.39, 0.29) is 0 Å². The van der Waals surface area contributed by atoms with E-state index < -0.39 is 0 Å². The summed E-state index contributed by atoms with van der Waals surface area (Å²) < 4.78 is 1.89. The first-order chi connectivity index (χ1) is 10.3. The average Bonchev–Trinajstić information content (AvgIpc) is 2.96. The van der Waals surface area contributed by atoms with Crippen LogP contribution in [0.2, 0.25) is 0 Å². The van der Waals surface area contributed by atoms with E-state index in [4.69, 9.17) is 0 Å². The van der Waals surface area contributed by atoms with E-state index in [9.17, 15) is 0 Å². The van der Waals surface area contributed by atoms with Gasteiger partial charge in [-0.2, -0.15) is 0 Å². The highest BCUT2D eigenvalue weighted by Gasteiger charge is 2.19. The summed E-state index contributed by atoms with van der Waals surface area (Å²) in [5, 5.41) is 15.6. The molecule has 0 spiro atoms. The number of piperidine rings is 1. The Morgan fingerprint density at radius 1 is 1.33 bits per heavy atom. The van der Waals surface area contributed by atoms with Crippen LogP contribution < -0.4 is 5.32 Å². The smallest absolute Gasteiger partial charge is 0.165 e. The number of nitrogens with one attached hydrogen (secondary N) is 1. The number of tetrazole rings is 1. The molecule has 1 unspecified atom stereocenters. The van der Waals surface area contributed by atoms with Crippen LogP contribution in [0.3, 0.4) is 0 Å². The molecule has 2 heterocycles. The first-order valence-electron chi connectivity index (χ1n) is 7.53. The lowest BCUT2D eigenvalue weighted by atomic mass is 10.1. The summed E-state index contributed by atoms with van der Waals surface area (Å²) >= 11 is 0. The number of rotatable bonds is 5. The number of benzene rings is 1. The fourth-order valence-electron chi connectivity index (χ4n) is 2.78. The van der Waals surface area contributed by atoms with Gasteiger partial charge in [0, 0.05) is 12.6 Å². The van der Waals surface area contributed by atoms with Crippen LogP contribution in [0, 0.1) is 0 Å². The molecule has 6 nitrogen and oxygen atoms in total. The SMILES string of the molecule is CN(Cc1nnnn1Cc1ccccc1)C1CCCNC1. The molecule has 3 rings (SSSR count). The van der Waals surface area contributed by atoms with Crippen molar-refractivity contribution in [3.05, 3.63) is 41.7 Å². The molecule has 1 N–H and O–H groups in total. The Labute approximate surface area is 125 Å². The number of hydrogen-bond acceptors (Lipinski definition) is 5. The Kier molecular flexibility index (Phi) is 4.57. The summed E-state index contributed by atoms with van der Waals surface area (Å²) in [6, 6.07) is 10.9. The van der Waals surface area contributed by atoms with Crippen molar-refractivity contribution in [1.29, 1.82) is 0 Å². The molecular weight excluding hydrogens is 264 g/mol. The van der Waals surface area contributed by atoms with Gasteiger partial charge in [-0.05, 0) is 42.4 Å². The molecule has 0 bridgehead atoms. The van der Waals surface area contributed by atoms with E-state index in [2.05, 4.69) is 44.9 Å². The van der Waals surface area contributed by atoms with Crippen LogP contribution in [0.1, 0.15) is 24.2 Å². The van der Waals surface area contributed by atoms with Crippen molar-refractivity contribution in [3.8, 4) is 0 Å². The van der Waals surface area contributed by atoms with Gasteiger partial charge in [-0.3, -0.25) is 4.90 Å². The molecule has 21 heavy (non-hydrogen) atoms. The molecule has 6 heteroatoms. The van der Waals surface area contributed by atoms with Crippen LogP contribution in [-0.2, 0) is 13.1 Å². The van der Waals surface area contributed by atoms with Crippen molar-refractivity contribution in [2.75, 3.05) is 20.1 Å². The monoisotopic (exact) mass is 286 g/mol. The molecule has 1 fully saturated rings. The third-order valence-electron chi connectivity index (χ3n) is 4.07. The van der Waals surface area contributed by atoms with E-state index in [1.54, 1.807) is 0 Å². The lowest BCUT2D eigenvalue weighted by Crippen LogP contribution is -2.44. The predicted octanol–water partition coefficient (Wildman–Crippen LogP) is 0.905. The van der Waals surface area contributed by atoms with Gasteiger partial charge in [0.05, 0.1) is 13.1 Å². The lowest BCUT2D eigenvalue weighted by Gasteiger charge is -2.31. The average molecular weight is 286 g/mol. The zero-order valence-electron chi connectivity index (χ0n) is 12.4. The Morgan fingerprint density at radius 2 is 2.19 bits per heavy atom. The first kappa shape index (κ1) is 14.2. The second kappa shape index (κ2) is 6.78. The van der Waals surface area contributed by atoms with E-state index >= 15 is 0 Å². The normalized spacial score (nSPS) is 19.0. The van der Waals surface area contributed by atoms with Crippen LogP contribution >= 0.6 is 0 Å². The molecule has 1 aliphatic heterocycles. The quantitative estimate of drug-likeness (QED) is 0.885. The highest BCUT2D eigenvalue weighted by Crippen LogP contribution is 2.11. The van der Waals surface area contributed by atoms with Gasteiger partial charge in [0.25, 0.3) is 0 Å². The van der Waals surface area contributed by atoms with Gasteiger partial charge in [-0.25, -0.2) is 4.68 Å². The van der Waals surface area contributed by atoms with Gasteiger partial charge >= 0.3 is 0 Å². The highest BCUT2D eigenvalue weighted by molar-refractivity contribution is 5.14. The molecule has 2 aromatic rings. The second-order valence-electron chi connectivity index (χ2n) is 5.65. The summed E-state index contributed by atoms with van der Waals surface area (Å²) in [4.78, 5) is 2.35. The van der Waals surface area contributed by atoms with Gasteiger partial charge < -0.3 is 5.32 Å². The summed E-state index contributed by atoms with van der Waals surface area (Å²) in [6.45, 7) is 3.69. The number of nitrogens with zero attached hydrogens (tertiary/aromatic N) is 5. The van der Waals surface area contributed by atoms with Crippen LogP contribution in [-0.4, -0.2) is 51.3 Å². The summed E-state index contributed by atoms with van der Waals surface area (Å²) in [5.74, 6) is 0.923. The zero-order chi connectivity index (χ0) is 14.5. The van der Waals surface area contributed by atoms with Gasteiger partial charge in [-0.15, -0.1) is 5.10 Å². The van der Waals surface area contributed by atoms with Crippen molar-refractivity contribution < 1.29 is 0 Å². The van der Waals surface area contributed by atoms with Gasteiger partial charge in [0.15, 0.2) is 5.82 Å². The van der Waals surface area contributed by atoms with Crippen LogP contribution in [0.4, 0.5) is 0 Å². The fourth-order valence-corrected chi connectivity index (χ4v) is 2.78. The molecule has 0 radical (unpaired) electrons. The molecular formula is C15H22N6. The fraction of sp³-hybridized carbons (Fsp3) is 0.533. The number of hydrogen-bond donors (Lipinski definition) is 1. The Morgan fingerprint density at radius 3 is 2.95 bits per heavy atom. The van der Waals surface area contributed by atoms with E-state index in [1.807, 2.05) is 22.9 Å². The topological polar surface area (TPSA) is 58.9 Å². The van der Waals surface area contributed by atoms with E-state index in [0.717, 1.165) is 32.0 Å². The van der Waals surface area contributed by atoms with Crippen molar-refractivity contribution in [1.82, 2.24) is 30.4 Å². The zero-order valence-corrected chi connectivity index (χ0v) is 12.4. The Bertz CT molecular complexity index is 546. The maximum absolute atomic E-state index is 4.19.